The largest absolute Gasteiger partial charge is 0.399 e. The predicted octanol–water partition coefficient (Wildman–Crippen LogP) is 0.734. The number of nitrogen functional groups attached to an aromatic ring is 1. The second kappa shape index (κ2) is 4.98. The van der Waals surface area contributed by atoms with Gasteiger partial charge in [-0.2, -0.15) is 0 Å². The fourth-order valence-electron chi connectivity index (χ4n) is 1.76. The number of hydrogen-bond donors (Lipinski definition) is 3. The predicted molar refractivity (Wildman–Crippen MR) is 78.0 cm³/mol. The van der Waals surface area contributed by atoms with Crippen LogP contribution in [0.2, 0.25) is 0 Å². The standard InChI is InChI=1S/C11H10N6O2S2/c12-6-1-2-7(8(3-6)21(13,18)19)20-11-9-10(15-4-14-9)16-5-17-11/h1-5H,12H2,(H2,13,18,19)(H,14,15,16,17). The maximum atomic E-state index is 11.7. The van der Waals surface area contributed by atoms with Gasteiger partial charge in [0, 0.05) is 10.6 Å². The first-order valence-corrected chi connectivity index (χ1v) is 8.06. The molecule has 0 bridgehead atoms. The van der Waals surface area contributed by atoms with Crippen LogP contribution in [0.15, 0.2) is 45.7 Å². The molecule has 3 rings (SSSR count). The number of nitrogens with one attached hydrogen (secondary N) is 1. The fraction of sp³-hybridized carbons (Fsp3) is 0. The van der Waals surface area contributed by atoms with Crippen LogP contribution in [-0.4, -0.2) is 28.4 Å². The molecule has 10 heteroatoms. The van der Waals surface area contributed by atoms with Gasteiger partial charge in [0.25, 0.3) is 0 Å². The molecule has 108 valence electrons. The van der Waals surface area contributed by atoms with E-state index in [0.29, 0.717) is 26.8 Å². The molecule has 0 saturated carbocycles. The quantitative estimate of drug-likeness (QED) is 0.477. The number of benzene rings is 1. The van der Waals surface area contributed by atoms with Crippen molar-refractivity contribution in [2.24, 2.45) is 5.14 Å². The van der Waals surface area contributed by atoms with Gasteiger partial charge >= 0.3 is 0 Å². The maximum absolute atomic E-state index is 11.7. The number of nitrogens with zero attached hydrogens (tertiary/aromatic N) is 3. The van der Waals surface area contributed by atoms with Crippen molar-refractivity contribution in [1.29, 1.82) is 0 Å². The molecule has 1 aromatic carbocycles. The number of fused-ring (bicyclic) bond motifs is 1. The average Bonchev–Trinajstić information content (AvgIpc) is 2.89. The number of imidazole rings is 1. The lowest BCUT2D eigenvalue weighted by atomic mass is 10.3. The van der Waals surface area contributed by atoms with Gasteiger partial charge in [0.15, 0.2) is 5.65 Å². The van der Waals surface area contributed by atoms with E-state index in [1.54, 1.807) is 12.1 Å². The summed E-state index contributed by atoms with van der Waals surface area (Å²) in [4.78, 5) is 15.5. The van der Waals surface area contributed by atoms with Crippen molar-refractivity contribution >= 4 is 38.6 Å². The van der Waals surface area contributed by atoms with Crippen molar-refractivity contribution in [2.75, 3.05) is 5.73 Å². The van der Waals surface area contributed by atoms with Crippen molar-refractivity contribution in [3.05, 3.63) is 30.9 Å². The number of hydrogen-bond acceptors (Lipinski definition) is 7. The Labute approximate surface area is 124 Å². The number of aromatic nitrogens is 4. The minimum absolute atomic E-state index is 0.0428. The van der Waals surface area contributed by atoms with Gasteiger partial charge in [-0.25, -0.2) is 28.5 Å². The summed E-state index contributed by atoms with van der Waals surface area (Å²) < 4.78 is 23.3. The first kappa shape index (κ1) is 13.8. The number of H-pyrrole nitrogens is 1. The minimum Gasteiger partial charge on any atom is -0.399 e. The van der Waals surface area contributed by atoms with Gasteiger partial charge in [0.1, 0.15) is 16.9 Å². The number of sulfonamides is 1. The van der Waals surface area contributed by atoms with Crippen LogP contribution >= 0.6 is 11.8 Å². The minimum atomic E-state index is -3.89. The van der Waals surface area contributed by atoms with Crippen molar-refractivity contribution < 1.29 is 8.42 Å². The van der Waals surface area contributed by atoms with E-state index in [1.165, 1.54) is 18.7 Å². The van der Waals surface area contributed by atoms with E-state index in [-0.39, 0.29) is 4.90 Å². The van der Waals surface area contributed by atoms with Gasteiger partial charge in [-0.15, -0.1) is 0 Å². The zero-order valence-electron chi connectivity index (χ0n) is 10.5. The van der Waals surface area contributed by atoms with Crippen LogP contribution in [0.1, 0.15) is 0 Å². The number of nitrogens with two attached hydrogens (primary N) is 2. The summed E-state index contributed by atoms with van der Waals surface area (Å²) in [7, 11) is -3.89. The van der Waals surface area contributed by atoms with E-state index in [0.717, 1.165) is 11.8 Å². The van der Waals surface area contributed by atoms with Crippen molar-refractivity contribution in [1.82, 2.24) is 19.9 Å². The summed E-state index contributed by atoms with van der Waals surface area (Å²) in [5, 5.41) is 5.77. The van der Waals surface area contributed by atoms with E-state index < -0.39 is 10.0 Å². The first-order chi connectivity index (χ1) is 9.95. The molecule has 0 spiro atoms. The molecule has 3 aromatic rings. The third kappa shape index (κ3) is 2.68. The second-order valence-electron chi connectivity index (χ2n) is 4.13. The van der Waals surface area contributed by atoms with Crippen molar-refractivity contribution in [3.8, 4) is 0 Å². The molecule has 0 aliphatic heterocycles. The van der Waals surface area contributed by atoms with Crippen LogP contribution < -0.4 is 10.9 Å². The van der Waals surface area contributed by atoms with Gasteiger partial charge < -0.3 is 10.7 Å². The number of aromatic amines is 1. The summed E-state index contributed by atoms with van der Waals surface area (Å²) in [6.07, 6.45) is 2.85. The Hall–Kier alpha value is -2.17. The fourth-order valence-corrected chi connectivity index (χ4v) is 3.73. The lowest BCUT2D eigenvalue weighted by Crippen LogP contribution is -2.13. The molecule has 8 nitrogen and oxygen atoms in total. The highest BCUT2D eigenvalue weighted by Gasteiger charge is 2.17. The zero-order valence-corrected chi connectivity index (χ0v) is 12.1. The van der Waals surface area contributed by atoms with Crippen LogP contribution in [0, 0.1) is 0 Å². The molecule has 21 heavy (non-hydrogen) atoms. The molecule has 0 amide bonds. The Kier molecular flexibility index (Phi) is 3.27. The van der Waals surface area contributed by atoms with Crippen LogP contribution in [0.4, 0.5) is 5.69 Å². The van der Waals surface area contributed by atoms with Gasteiger partial charge in [-0.3, -0.25) is 0 Å². The zero-order chi connectivity index (χ0) is 15.0. The Morgan fingerprint density at radius 1 is 1.19 bits per heavy atom. The lowest BCUT2D eigenvalue weighted by Gasteiger charge is -2.08. The normalized spacial score (nSPS) is 11.9. The molecular weight excluding hydrogens is 312 g/mol. The maximum Gasteiger partial charge on any atom is 0.239 e. The van der Waals surface area contributed by atoms with Gasteiger partial charge in [0.05, 0.1) is 11.2 Å². The Morgan fingerprint density at radius 2 is 2.00 bits per heavy atom. The number of primary sulfonamides is 1. The smallest absolute Gasteiger partial charge is 0.239 e. The van der Waals surface area contributed by atoms with Crippen molar-refractivity contribution in [3.63, 3.8) is 0 Å². The van der Waals surface area contributed by atoms with Crippen molar-refractivity contribution in [2.45, 2.75) is 14.8 Å². The number of anilines is 1. The highest BCUT2D eigenvalue weighted by atomic mass is 32.2. The summed E-state index contributed by atoms with van der Waals surface area (Å²) in [5.74, 6) is 0. The van der Waals surface area contributed by atoms with E-state index in [9.17, 15) is 8.42 Å². The molecule has 2 heterocycles. The molecule has 0 aliphatic rings. The van der Waals surface area contributed by atoms with E-state index in [2.05, 4.69) is 19.9 Å². The summed E-state index contributed by atoms with van der Waals surface area (Å²) in [5.41, 5.74) is 7.06. The first-order valence-electron chi connectivity index (χ1n) is 5.69. The summed E-state index contributed by atoms with van der Waals surface area (Å²) >= 11 is 1.15. The molecule has 0 fully saturated rings. The third-order valence-corrected chi connectivity index (χ3v) is 4.83. The summed E-state index contributed by atoms with van der Waals surface area (Å²) in [6.45, 7) is 0. The molecule has 0 radical (unpaired) electrons. The number of rotatable bonds is 3. The lowest BCUT2D eigenvalue weighted by molar-refractivity contribution is 0.596. The third-order valence-electron chi connectivity index (χ3n) is 2.67. The summed E-state index contributed by atoms with van der Waals surface area (Å²) in [6, 6.07) is 4.51. The topological polar surface area (TPSA) is 141 Å². The van der Waals surface area contributed by atoms with Crippen LogP contribution in [0.25, 0.3) is 11.2 Å². The van der Waals surface area contributed by atoms with Crippen LogP contribution in [0.3, 0.4) is 0 Å². The highest BCUT2D eigenvalue weighted by molar-refractivity contribution is 8.00. The molecule has 2 aromatic heterocycles. The van der Waals surface area contributed by atoms with Gasteiger partial charge in [-0.05, 0) is 18.2 Å². The Morgan fingerprint density at radius 3 is 2.76 bits per heavy atom. The molecule has 0 atom stereocenters. The second-order valence-corrected chi connectivity index (χ2v) is 6.69. The molecule has 5 N–H and O–H groups in total. The molecule has 0 aliphatic carbocycles. The monoisotopic (exact) mass is 322 g/mol. The Bertz CT molecular complexity index is 921. The molecular formula is C11H10N6O2S2. The van der Waals surface area contributed by atoms with E-state index in [1.807, 2.05) is 0 Å². The van der Waals surface area contributed by atoms with E-state index in [4.69, 9.17) is 10.9 Å². The highest BCUT2D eigenvalue weighted by Crippen LogP contribution is 2.34. The van der Waals surface area contributed by atoms with Gasteiger partial charge in [-0.1, -0.05) is 11.8 Å². The molecule has 0 unspecified atom stereocenters. The molecule has 0 saturated heterocycles. The van der Waals surface area contributed by atoms with Gasteiger partial charge in [0.2, 0.25) is 10.0 Å². The van der Waals surface area contributed by atoms with E-state index >= 15 is 0 Å². The van der Waals surface area contributed by atoms with Crippen LogP contribution in [0.5, 0.6) is 0 Å². The SMILES string of the molecule is Nc1ccc(Sc2ncnc3nc[nH]c23)c(S(N)(=O)=O)c1. The van der Waals surface area contributed by atoms with Crippen LogP contribution in [-0.2, 0) is 10.0 Å². The average molecular weight is 322 g/mol. The Balaban J connectivity index is 2.12.